The predicted molar refractivity (Wildman–Crippen MR) is 166 cm³/mol. The lowest BCUT2D eigenvalue weighted by Gasteiger charge is -2.45. The Morgan fingerprint density at radius 2 is 1.32 bits per heavy atom. The molecule has 0 bridgehead atoms. The molecule has 0 radical (unpaired) electrons. The molecule has 3 rings (SSSR count). The SMILES string of the molecule is CCCCOP(=O)(OCCCC)O[C@@H]1O[C@H](CO)[C@@H](OCc2ccccc2)[C@H](OCc2ccccc2)[C@H]1OC(=O)C(C)(C)C. The van der Waals surface area contributed by atoms with Gasteiger partial charge in [0.1, 0.15) is 18.3 Å². The third-order valence-electron chi connectivity index (χ3n) is 6.92. The maximum atomic E-state index is 13.9. The summed E-state index contributed by atoms with van der Waals surface area (Å²) >= 11 is 0. The fourth-order valence-electron chi connectivity index (χ4n) is 4.33. The van der Waals surface area contributed by atoms with E-state index in [1.54, 1.807) is 20.8 Å². The van der Waals surface area contributed by atoms with Crippen LogP contribution in [0.4, 0.5) is 0 Å². The second-order valence-electron chi connectivity index (χ2n) is 11.8. The van der Waals surface area contributed by atoms with Crippen LogP contribution in [0, 0.1) is 5.41 Å². The van der Waals surface area contributed by atoms with Gasteiger partial charge >= 0.3 is 13.8 Å². The second-order valence-corrected chi connectivity index (χ2v) is 13.4. The van der Waals surface area contributed by atoms with E-state index >= 15 is 0 Å². The van der Waals surface area contributed by atoms with Crippen LogP contribution in [0.25, 0.3) is 0 Å². The Morgan fingerprint density at radius 3 is 1.77 bits per heavy atom. The van der Waals surface area contributed by atoms with E-state index in [9.17, 15) is 14.5 Å². The van der Waals surface area contributed by atoms with Crippen LogP contribution in [0.5, 0.6) is 0 Å². The Bertz CT molecular complexity index is 1130. The number of phosphoric ester groups is 1. The summed E-state index contributed by atoms with van der Waals surface area (Å²) in [5.74, 6) is -0.550. The lowest BCUT2D eigenvalue weighted by atomic mass is 9.95. The highest BCUT2D eigenvalue weighted by Crippen LogP contribution is 2.52. The molecular formula is C33H49O10P. The lowest BCUT2D eigenvalue weighted by Crippen LogP contribution is -2.62. The van der Waals surface area contributed by atoms with E-state index in [2.05, 4.69) is 0 Å². The first-order valence-electron chi connectivity index (χ1n) is 15.5. The van der Waals surface area contributed by atoms with E-state index in [-0.39, 0.29) is 26.4 Å². The molecule has 1 heterocycles. The number of hydrogen-bond donors (Lipinski definition) is 1. The van der Waals surface area contributed by atoms with Crippen LogP contribution in [0.15, 0.2) is 60.7 Å². The van der Waals surface area contributed by atoms with Crippen molar-refractivity contribution in [3.05, 3.63) is 71.8 Å². The smallest absolute Gasteiger partial charge is 0.454 e. The zero-order chi connectivity index (χ0) is 32.0. The molecule has 1 aliphatic rings. The summed E-state index contributed by atoms with van der Waals surface area (Å²) in [6.07, 6.45) is -2.66. The molecule has 0 saturated carbocycles. The molecule has 11 heteroatoms. The van der Waals surface area contributed by atoms with Crippen molar-refractivity contribution in [1.82, 2.24) is 0 Å². The maximum Gasteiger partial charge on any atom is 0.477 e. The Morgan fingerprint density at radius 1 is 0.818 bits per heavy atom. The van der Waals surface area contributed by atoms with Crippen molar-refractivity contribution < 1.29 is 47.0 Å². The standard InChI is InChI=1S/C33H49O10P/c1-6-8-20-39-44(36,40-21-9-7-2)43-31-30(42-32(35)33(3,4)5)29(38-24-26-18-14-11-15-19-26)28(27(22-34)41-31)37-23-25-16-12-10-13-17-25/h10-19,27-31,34H,6-9,20-24H2,1-5H3/t27-,28-,29+,30-,31+/m1/s1. The molecular weight excluding hydrogens is 587 g/mol. The molecule has 1 aliphatic heterocycles. The van der Waals surface area contributed by atoms with Gasteiger partial charge in [0.25, 0.3) is 0 Å². The molecule has 0 amide bonds. The molecule has 5 atom stereocenters. The predicted octanol–water partition coefficient (Wildman–Crippen LogP) is 6.59. The molecule has 44 heavy (non-hydrogen) atoms. The lowest BCUT2D eigenvalue weighted by molar-refractivity contribution is -0.305. The molecule has 10 nitrogen and oxygen atoms in total. The van der Waals surface area contributed by atoms with Gasteiger partial charge in [0.15, 0.2) is 6.10 Å². The molecule has 1 saturated heterocycles. The van der Waals surface area contributed by atoms with Gasteiger partial charge in [-0.1, -0.05) is 87.4 Å². The largest absolute Gasteiger partial charge is 0.477 e. The minimum atomic E-state index is -4.19. The van der Waals surface area contributed by atoms with Crippen molar-refractivity contribution in [2.24, 2.45) is 5.41 Å². The highest BCUT2D eigenvalue weighted by atomic mass is 31.2. The Balaban J connectivity index is 1.99. The van der Waals surface area contributed by atoms with E-state index in [1.165, 1.54) is 0 Å². The Hall–Kier alpha value is -2.14. The highest BCUT2D eigenvalue weighted by Gasteiger charge is 2.53. The summed E-state index contributed by atoms with van der Waals surface area (Å²) < 4.78 is 56.2. The number of benzene rings is 2. The molecule has 2 aromatic carbocycles. The van der Waals surface area contributed by atoms with Gasteiger partial charge in [-0.3, -0.25) is 18.4 Å². The Kier molecular flexibility index (Phi) is 15.0. The molecule has 0 aliphatic carbocycles. The summed E-state index contributed by atoms with van der Waals surface area (Å²) in [6.45, 7) is 9.26. The summed E-state index contributed by atoms with van der Waals surface area (Å²) in [5, 5.41) is 10.5. The number of esters is 1. The van der Waals surface area contributed by atoms with Crippen LogP contribution in [0.2, 0.25) is 0 Å². The van der Waals surface area contributed by atoms with E-state index < -0.39 is 56.5 Å². The molecule has 1 fully saturated rings. The fraction of sp³-hybridized carbons (Fsp3) is 0.606. The van der Waals surface area contributed by atoms with Gasteiger partial charge in [-0.2, -0.15) is 0 Å². The first-order chi connectivity index (χ1) is 21.1. The van der Waals surface area contributed by atoms with Gasteiger partial charge in [0.2, 0.25) is 6.29 Å². The van der Waals surface area contributed by atoms with Crippen LogP contribution >= 0.6 is 7.82 Å². The van der Waals surface area contributed by atoms with Crippen molar-refractivity contribution in [2.45, 2.75) is 104 Å². The van der Waals surface area contributed by atoms with Crippen molar-refractivity contribution in [3.8, 4) is 0 Å². The Labute approximate surface area is 261 Å². The summed E-state index contributed by atoms with van der Waals surface area (Å²) in [4.78, 5) is 13.3. The van der Waals surface area contributed by atoms with Crippen LogP contribution in [0.3, 0.4) is 0 Å². The highest BCUT2D eigenvalue weighted by molar-refractivity contribution is 7.48. The van der Waals surface area contributed by atoms with Gasteiger partial charge in [0, 0.05) is 0 Å². The minimum absolute atomic E-state index is 0.138. The van der Waals surface area contributed by atoms with Gasteiger partial charge in [-0.25, -0.2) is 4.57 Å². The number of carbonyl (C=O) groups is 1. The number of hydrogen-bond acceptors (Lipinski definition) is 10. The first kappa shape index (κ1) is 36.3. The molecule has 1 N–H and O–H groups in total. The van der Waals surface area contributed by atoms with Gasteiger partial charge in [0.05, 0.1) is 38.4 Å². The van der Waals surface area contributed by atoms with Crippen molar-refractivity contribution in [1.29, 1.82) is 0 Å². The molecule has 0 aromatic heterocycles. The summed E-state index contributed by atoms with van der Waals surface area (Å²) in [5.41, 5.74) is 0.878. The molecule has 0 spiro atoms. The topological polar surface area (TPSA) is 119 Å². The molecule has 0 unspecified atom stereocenters. The van der Waals surface area contributed by atoms with E-state index in [4.69, 9.17) is 32.5 Å². The van der Waals surface area contributed by atoms with Crippen LogP contribution in [-0.4, -0.2) is 61.6 Å². The average molecular weight is 637 g/mol. The maximum absolute atomic E-state index is 13.9. The zero-order valence-electron chi connectivity index (χ0n) is 26.6. The first-order valence-corrected chi connectivity index (χ1v) is 16.9. The van der Waals surface area contributed by atoms with Gasteiger partial charge in [-0.05, 0) is 44.7 Å². The second kappa shape index (κ2) is 18.1. The van der Waals surface area contributed by atoms with Crippen LogP contribution in [0.1, 0.15) is 71.4 Å². The molecule has 2 aromatic rings. The average Bonchev–Trinajstić information content (AvgIpc) is 3.01. The van der Waals surface area contributed by atoms with E-state index in [0.29, 0.717) is 12.8 Å². The number of unbranched alkanes of at least 4 members (excludes halogenated alkanes) is 2. The summed E-state index contributed by atoms with van der Waals surface area (Å²) in [7, 11) is -4.19. The number of ether oxygens (including phenoxy) is 4. The normalized spacial score (nSPS) is 22.5. The zero-order valence-corrected chi connectivity index (χ0v) is 27.5. The third kappa shape index (κ3) is 11.3. The number of aliphatic hydroxyl groups is 1. The third-order valence-corrected chi connectivity index (χ3v) is 8.39. The quantitative estimate of drug-likeness (QED) is 0.109. The number of carbonyl (C=O) groups excluding carboxylic acids is 1. The van der Waals surface area contributed by atoms with Crippen molar-refractivity contribution in [3.63, 3.8) is 0 Å². The number of phosphoric acid groups is 1. The van der Waals surface area contributed by atoms with Gasteiger partial charge < -0.3 is 24.1 Å². The number of aliphatic hydroxyl groups excluding tert-OH is 1. The monoisotopic (exact) mass is 636 g/mol. The van der Waals surface area contributed by atoms with Crippen molar-refractivity contribution >= 4 is 13.8 Å². The van der Waals surface area contributed by atoms with Crippen molar-refractivity contribution in [2.75, 3.05) is 19.8 Å². The van der Waals surface area contributed by atoms with E-state index in [0.717, 1.165) is 24.0 Å². The van der Waals surface area contributed by atoms with Crippen LogP contribution in [-0.2, 0) is 55.1 Å². The molecule has 246 valence electrons. The fourth-order valence-corrected chi connectivity index (χ4v) is 5.65. The van der Waals surface area contributed by atoms with Gasteiger partial charge in [-0.15, -0.1) is 0 Å². The minimum Gasteiger partial charge on any atom is -0.454 e. The van der Waals surface area contributed by atoms with Crippen LogP contribution < -0.4 is 0 Å². The number of rotatable bonds is 18. The summed E-state index contributed by atoms with van der Waals surface area (Å²) in [6, 6.07) is 19.0. The van der Waals surface area contributed by atoms with E-state index in [1.807, 2.05) is 74.5 Å².